The summed E-state index contributed by atoms with van der Waals surface area (Å²) in [5.41, 5.74) is 3.30. The molecule has 0 saturated heterocycles. The number of amides is 1. The highest BCUT2D eigenvalue weighted by molar-refractivity contribution is 14.1. The molecule has 1 unspecified atom stereocenters. The van der Waals surface area contributed by atoms with Crippen molar-refractivity contribution in [2.24, 2.45) is 0 Å². The van der Waals surface area contributed by atoms with E-state index in [-0.39, 0.29) is 11.7 Å². The number of carbonyl (C=O) groups is 2. The fraction of sp³-hybridized carbons (Fsp3) is 0.0769. The fourth-order valence-electron chi connectivity index (χ4n) is 4.50. The zero-order valence-electron chi connectivity index (χ0n) is 16.1. The summed E-state index contributed by atoms with van der Waals surface area (Å²) in [5.74, 6) is -0.201. The second-order valence-corrected chi connectivity index (χ2v) is 8.51. The van der Waals surface area contributed by atoms with Crippen LogP contribution < -0.4 is 0 Å². The lowest BCUT2D eigenvalue weighted by Crippen LogP contribution is -2.51. The van der Waals surface area contributed by atoms with Gasteiger partial charge in [-0.1, -0.05) is 91.0 Å². The number of hydrogen-bond donors (Lipinski definition) is 0. The molecule has 4 heteroatoms. The molecule has 2 aliphatic rings. The standard InChI is InChI=1S/C26H18INO2/c27-24-23(20-12-5-2-6-13-20)26(21-14-8-7-11-19(21)15-16-22(26)29)28(25(24)30)17-18-9-3-1-4-10-18/h1-16H,17H2. The molecule has 1 amide bonds. The van der Waals surface area contributed by atoms with Crippen molar-refractivity contribution in [3.8, 4) is 0 Å². The highest BCUT2D eigenvalue weighted by Crippen LogP contribution is 2.54. The van der Waals surface area contributed by atoms with E-state index in [9.17, 15) is 9.59 Å². The van der Waals surface area contributed by atoms with E-state index in [0.717, 1.165) is 27.8 Å². The lowest BCUT2D eigenvalue weighted by molar-refractivity contribution is -0.137. The molecule has 1 aliphatic heterocycles. The van der Waals surface area contributed by atoms with E-state index in [1.807, 2.05) is 91.0 Å². The Morgan fingerprint density at radius 3 is 2.13 bits per heavy atom. The van der Waals surface area contributed by atoms with E-state index in [4.69, 9.17) is 0 Å². The van der Waals surface area contributed by atoms with E-state index in [2.05, 4.69) is 22.6 Å². The molecular weight excluding hydrogens is 485 g/mol. The topological polar surface area (TPSA) is 37.4 Å². The number of halogens is 1. The van der Waals surface area contributed by atoms with Crippen molar-refractivity contribution in [3.63, 3.8) is 0 Å². The molecule has 146 valence electrons. The third kappa shape index (κ3) is 2.70. The molecule has 0 fully saturated rings. The van der Waals surface area contributed by atoms with Crippen molar-refractivity contribution in [1.29, 1.82) is 0 Å². The third-order valence-electron chi connectivity index (χ3n) is 5.79. The van der Waals surface area contributed by atoms with Gasteiger partial charge in [0.05, 0.1) is 3.58 Å². The van der Waals surface area contributed by atoms with E-state index < -0.39 is 5.54 Å². The van der Waals surface area contributed by atoms with Crippen molar-refractivity contribution >= 4 is 45.9 Å². The van der Waals surface area contributed by atoms with E-state index in [1.165, 1.54) is 0 Å². The molecule has 0 aromatic heterocycles. The fourth-order valence-corrected chi connectivity index (χ4v) is 5.49. The summed E-state index contributed by atoms with van der Waals surface area (Å²) in [4.78, 5) is 29.1. The molecule has 0 radical (unpaired) electrons. The maximum atomic E-state index is 13.7. The van der Waals surface area contributed by atoms with Crippen LogP contribution >= 0.6 is 22.6 Å². The van der Waals surface area contributed by atoms with Crippen LogP contribution in [-0.2, 0) is 21.7 Å². The molecule has 1 atom stereocenters. The third-order valence-corrected chi connectivity index (χ3v) is 6.79. The molecule has 3 aromatic rings. The van der Waals surface area contributed by atoms with Crippen LogP contribution in [0.3, 0.4) is 0 Å². The number of rotatable bonds is 3. The Labute approximate surface area is 188 Å². The van der Waals surface area contributed by atoms with Crippen molar-refractivity contribution < 1.29 is 9.59 Å². The summed E-state index contributed by atoms with van der Waals surface area (Å²) in [6.45, 7) is 0.358. The number of carbonyl (C=O) groups excluding carboxylic acids is 2. The van der Waals surface area contributed by atoms with Crippen LogP contribution in [0.25, 0.3) is 11.6 Å². The first-order chi connectivity index (χ1) is 14.6. The quantitative estimate of drug-likeness (QED) is 0.451. The zero-order chi connectivity index (χ0) is 20.7. The Hall–Kier alpha value is -2.99. The van der Waals surface area contributed by atoms with Crippen molar-refractivity contribution in [2.45, 2.75) is 12.1 Å². The minimum atomic E-state index is -1.17. The first-order valence-corrected chi connectivity index (χ1v) is 10.9. The molecule has 5 rings (SSSR count). The van der Waals surface area contributed by atoms with Crippen molar-refractivity contribution in [3.05, 3.63) is 117 Å². The van der Waals surface area contributed by atoms with Crippen LogP contribution in [0.2, 0.25) is 0 Å². The smallest absolute Gasteiger partial charge is 0.262 e. The van der Waals surface area contributed by atoms with Gasteiger partial charge in [-0.05, 0) is 50.9 Å². The van der Waals surface area contributed by atoms with Gasteiger partial charge in [-0.3, -0.25) is 9.59 Å². The molecular formula is C26H18INO2. The summed E-state index contributed by atoms with van der Waals surface area (Å²) in [5, 5.41) is 0. The van der Waals surface area contributed by atoms with Crippen molar-refractivity contribution in [2.75, 3.05) is 0 Å². The molecule has 0 bridgehead atoms. The van der Waals surface area contributed by atoms with Gasteiger partial charge in [0.15, 0.2) is 11.3 Å². The molecule has 1 heterocycles. The first kappa shape index (κ1) is 19.0. The molecule has 3 aromatic carbocycles. The average molecular weight is 503 g/mol. The molecule has 1 aliphatic carbocycles. The molecule has 30 heavy (non-hydrogen) atoms. The summed E-state index contributed by atoms with van der Waals surface area (Å²) in [7, 11) is 0. The monoisotopic (exact) mass is 503 g/mol. The van der Waals surface area contributed by atoms with Gasteiger partial charge in [0, 0.05) is 12.1 Å². The zero-order valence-corrected chi connectivity index (χ0v) is 18.2. The Balaban J connectivity index is 1.81. The maximum Gasteiger partial charge on any atom is 0.262 e. The van der Waals surface area contributed by atoms with E-state index in [0.29, 0.717) is 10.1 Å². The Bertz CT molecular complexity index is 1210. The van der Waals surface area contributed by atoms with Gasteiger partial charge in [-0.25, -0.2) is 0 Å². The van der Waals surface area contributed by atoms with Crippen LogP contribution in [0.15, 0.2) is 94.6 Å². The van der Waals surface area contributed by atoms with Crippen LogP contribution in [-0.4, -0.2) is 16.6 Å². The number of hydrogen-bond acceptors (Lipinski definition) is 2. The molecule has 3 nitrogen and oxygen atoms in total. The lowest BCUT2D eigenvalue weighted by atomic mass is 9.72. The molecule has 0 saturated carbocycles. The average Bonchev–Trinajstić information content (AvgIpc) is 3.00. The summed E-state index contributed by atoms with van der Waals surface area (Å²) in [6, 6.07) is 27.5. The van der Waals surface area contributed by atoms with Crippen molar-refractivity contribution in [1.82, 2.24) is 4.90 Å². The van der Waals surface area contributed by atoms with Gasteiger partial charge in [0.1, 0.15) is 0 Å². The highest BCUT2D eigenvalue weighted by atomic mass is 127. The van der Waals surface area contributed by atoms with Gasteiger partial charge >= 0.3 is 0 Å². The van der Waals surface area contributed by atoms with Crippen LogP contribution in [0.1, 0.15) is 22.3 Å². The van der Waals surface area contributed by atoms with Gasteiger partial charge in [0.2, 0.25) is 0 Å². The van der Waals surface area contributed by atoms with Gasteiger partial charge in [-0.15, -0.1) is 0 Å². The number of fused-ring (bicyclic) bond motifs is 2. The second kappa shape index (κ2) is 7.36. The SMILES string of the molecule is O=C1C(I)=C(c2ccccc2)C2(C(=O)C=Cc3ccccc32)N1Cc1ccccc1. The minimum absolute atomic E-state index is 0.0870. The number of nitrogens with zero attached hydrogens (tertiary/aromatic N) is 1. The molecule has 1 spiro atoms. The predicted octanol–water partition coefficient (Wildman–Crippen LogP) is 5.37. The predicted molar refractivity (Wildman–Crippen MR) is 127 cm³/mol. The summed E-state index contributed by atoms with van der Waals surface area (Å²) >= 11 is 2.11. The lowest BCUT2D eigenvalue weighted by Gasteiger charge is -2.42. The second-order valence-electron chi connectivity index (χ2n) is 7.43. The highest BCUT2D eigenvalue weighted by Gasteiger charge is 2.58. The van der Waals surface area contributed by atoms with E-state index in [1.54, 1.807) is 11.0 Å². The Morgan fingerprint density at radius 2 is 1.40 bits per heavy atom. The summed E-state index contributed by atoms with van der Waals surface area (Å²) in [6.07, 6.45) is 3.47. The van der Waals surface area contributed by atoms with Gasteiger partial charge < -0.3 is 4.90 Å². The molecule has 0 N–H and O–H groups in total. The number of benzene rings is 3. The van der Waals surface area contributed by atoms with E-state index >= 15 is 0 Å². The number of ketones is 1. The largest absolute Gasteiger partial charge is 0.313 e. The van der Waals surface area contributed by atoms with Crippen LogP contribution in [0, 0.1) is 0 Å². The van der Waals surface area contributed by atoms with Gasteiger partial charge in [-0.2, -0.15) is 0 Å². The summed E-state index contributed by atoms with van der Waals surface area (Å²) < 4.78 is 0.591. The maximum absolute atomic E-state index is 13.7. The first-order valence-electron chi connectivity index (χ1n) is 9.77. The Kier molecular flexibility index (Phi) is 4.66. The van der Waals surface area contributed by atoms with Crippen LogP contribution in [0.4, 0.5) is 0 Å². The Morgan fingerprint density at radius 1 is 0.767 bits per heavy atom. The minimum Gasteiger partial charge on any atom is -0.313 e. The normalized spacial score (nSPS) is 20.2. The van der Waals surface area contributed by atoms with Gasteiger partial charge in [0.25, 0.3) is 5.91 Å². The van der Waals surface area contributed by atoms with Crippen LogP contribution in [0.5, 0.6) is 0 Å².